The molecule has 2 aromatic carbocycles. The molecular formula is C23H16ClF2N3O2. The van der Waals surface area contributed by atoms with Gasteiger partial charge in [0.1, 0.15) is 0 Å². The SMILES string of the molecule is Cc1cncc(C(=O)N(Cc2cc(=O)[nH]c3c(F)c(F)ccc23)c2cccc(Cl)c2)c1. The molecule has 0 fully saturated rings. The van der Waals surface area contributed by atoms with Crippen LogP contribution >= 0.6 is 11.6 Å². The quantitative estimate of drug-likeness (QED) is 0.486. The van der Waals surface area contributed by atoms with E-state index in [0.717, 1.165) is 11.6 Å². The number of aromatic nitrogens is 2. The summed E-state index contributed by atoms with van der Waals surface area (Å²) in [5.74, 6) is -2.61. The Morgan fingerprint density at radius 1 is 1.13 bits per heavy atom. The molecule has 0 aliphatic heterocycles. The van der Waals surface area contributed by atoms with Gasteiger partial charge in [0, 0.05) is 34.6 Å². The summed E-state index contributed by atoms with van der Waals surface area (Å²) in [6.07, 6.45) is 3.07. The molecule has 0 aliphatic carbocycles. The summed E-state index contributed by atoms with van der Waals surface area (Å²) in [6, 6.07) is 12.0. The maximum atomic E-state index is 14.3. The summed E-state index contributed by atoms with van der Waals surface area (Å²) >= 11 is 6.13. The van der Waals surface area contributed by atoms with E-state index in [9.17, 15) is 18.4 Å². The number of hydrogen-bond acceptors (Lipinski definition) is 3. The van der Waals surface area contributed by atoms with Gasteiger partial charge >= 0.3 is 0 Å². The van der Waals surface area contributed by atoms with Crippen molar-refractivity contribution in [3.63, 3.8) is 0 Å². The van der Waals surface area contributed by atoms with Crippen LogP contribution < -0.4 is 10.5 Å². The van der Waals surface area contributed by atoms with Crippen LogP contribution in [0.4, 0.5) is 14.5 Å². The summed E-state index contributed by atoms with van der Waals surface area (Å²) in [6.45, 7) is 1.74. The number of anilines is 1. The van der Waals surface area contributed by atoms with Gasteiger partial charge in [-0.15, -0.1) is 0 Å². The molecule has 156 valence electrons. The first-order valence-electron chi connectivity index (χ1n) is 9.32. The Bertz CT molecular complexity index is 1370. The lowest BCUT2D eigenvalue weighted by Gasteiger charge is -2.24. The molecule has 1 amide bonds. The molecule has 1 N–H and O–H groups in total. The summed E-state index contributed by atoms with van der Waals surface area (Å²) in [7, 11) is 0. The number of hydrogen-bond donors (Lipinski definition) is 1. The topological polar surface area (TPSA) is 66.1 Å². The van der Waals surface area contributed by atoms with E-state index in [1.807, 2.05) is 6.92 Å². The van der Waals surface area contributed by atoms with Gasteiger partial charge in [0.15, 0.2) is 11.6 Å². The van der Waals surface area contributed by atoms with E-state index in [1.54, 1.807) is 36.5 Å². The number of benzene rings is 2. The number of rotatable bonds is 4. The summed E-state index contributed by atoms with van der Waals surface area (Å²) < 4.78 is 28.0. The normalized spacial score (nSPS) is 11.0. The fourth-order valence-electron chi connectivity index (χ4n) is 3.39. The van der Waals surface area contributed by atoms with Crippen LogP contribution in [-0.2, 0) is 6.54 Å². The highest BCUT2D eigenvalue weighted by Gasteiger charge is 2.21. The number of amides is 1. The number of aryl methyl sites for hydroxylation is 1. The van der Waals surface area contributed by atoms with Crippen LogP contribution in [0.25, 0.3) is 10.9 Å². The van der Waals surface area contributed by atoms with Crippen LogP contribution in [-0.4, -0.2) is 15.9 Å². The van der Waals surface area contributed by atoms with Crippen molar-refractivity contribution in [3.8, 4) is 0 Å². The second kappa shape index (κ2) is 8.28. The molecule has 31 heavy (non-hydrogen) atoms. The minimum atomic E-state index is -1.15. The van der Waals surface area contributed by atoms with Crippen LogP contribution in [0.15, 0.2) is 65.7 Å². The lowest BCUT2D eigenvalue weighted by Crippen LogP contribution is -2.31. The van der Waals surface area contributed by atoms with Crippen LogP contribution in [0.3, 0.4) is 0 Å². The predicted octanol–water partition coefficient (Wildman–Crippen LogP) is 5.01. The Labute approximate surface area is 180 Å². The maximum absolute atomic E-state index is 14.3. The number of carbonyl (C=O) groups excluding carboxylic acids is 1. The molecule has 5 nitrogen and oxygen atoms in total. The highest BCUT2D eigenvalue weighted by Crippen LogP contribution is 2.27. The molecule has 0 saturated carbocycles. The van der Waals surface area contributed by atoms with E-state index in [1.165, 1.54) is 23.2 Å². The second-order valence-corrected chi connectivity index (χ2v) is 7.50. The van der Waals surface area contributed by atoms with Crippen LogP contribution in [0.5, 0.6) is 0 Å². The average Bonchev–Trinajstić information content (AvgIpc) is 2.74. The first-order chi connectivity index (χ1) is 14.8. The van der Waals surface area contributed by atoms with Crippen molar-refractivity contribution in [2.75, 3.05) is 4.90 Å². The molecule has 4 aromatic rings. The summed E-state index contributed by atoms with van der Waals surface area (Å²) in [5, 5.41) is 0.710. The third-order valence-electron chi connectivity index (χ3n) is 4.81. The van der Waals surface area contributed by atoms with Crippen LogP contribution in [0.2, 0.25) is 5.02 Å². The van der Waals surface area contributed by atoms with Gasteiger partial charge in [-0.1, -0.05) is 17.7 Å². The van der Waals surface area contributed by atoms with Gasteiger partial charge in [0.25, 0.3) is 5.91 Å². The lowest BCUT2D eigenvalue weighted by molar-refractivity contribution is 0.0985. The van der Waals surface area contributed by atoms with Gasteiger partial charge in [-0.3, -0.25) is 14.6 Å². The molecule has 2 heterocycles. The first-order valence-corrected chi connectivity index (χ1v) is 9.70. The van der Waals surface area contributed by atoms with Gasteiger partial charge < -0.3 is 9.88 Å². The number of carbonyl (C=O) groups is 1. The van der Waals surface area contributed by atoms with Gasteiger partial charge in [-0.25, -0.2) is 8.78 Å². The monoisotopic (exact) mass is 439 g/mol. The molecule has 0 bridgehead atoms. The predicted molar refractivity (Wildman–Crippen MR) is 115 cm³/mol. The van der Waals surface area contributed by atoms with Crippen LogP contribution in [0, 0.1) is 18.6 Å². The molecule has 0 saturated heterocycles. The fraction of sp³-hybridized carbons (Fsp3) is 0.0870. The van der Waals surface area contributed by atoms with E-state index >= 15 is 0 Å². The van der Waals surface area contributed by atoms with Crippen molar-refractivity contribution in [2.45, 2.75) is 13.5 Å². The molecule has 0 radical (unpaired) electrons. The van der Waals surface area contributed by atoms with E-state index < -0.39 is 17.2 Å². The molecule has 0 unspecified atom stereocenters. The molecule has 0 spiro atoms. The number of nitrogens with zero attached hydrogens (tertiary/aromatic N) is 2. The number of nitrogens with one attached hydrogen (secondary N) is 1. The number of fused-ring (bicyclic) bond motifs is 1. The first kappa shape index (κ1) is 20.7. The van der Waals surface area contributed by atoms with Crippen molar-refractivity contribution in [1.82, 2.24) is 9.97 Å². The van der Waals surface area contributed by atoms with Crippen molar-refractivity contribution < 1.29 is 13.6 Å². The molecule has 2 aromatic heterocycles. The third kappa shape index (κ3) is 4.18. The number of halogens is 3. The van der Waals surface area contributed by atoms with E-state index in [4.69, 9.17) is 11.6 Å². The van der Waals surface area contributed by atoms with Gasteiger partial charge in [-0.2, -0.15) is 0 Å². The minimum Gasteiger partial charge on any atom is -0.319 e. The van der Waals surface area contributed by atoms with Crippen molar-refractivity contribution in [1.29, 1.82) is 0 Å². The zero-order chi connectivity index (χ0) is 22.1. The maximum Gasteiger partial charge on any atom is 0.260 e. The average molecular weight is 440 g/mol. The zero-order valence-electron chi connectivity index (χ0n) is 16.3. The lowest BCUT2D eigenvalue weighted by atomic mass is 10.1. The smallest absolute Gasteiger partial charge is 0.260 e. The van der Waals surface area contributed by atoms with Crippen molar-refractivity contribution in [2.24, 2.45) is 0 Å². The van der Waals surface area contributed by atoms with Gasteiger partial charge in [0.2, 0.25) is 5.56 Å². The fourth-order valence-corrected chi connectivity index (χ4v) is 3.57. The molecule has 8 heteroatoms. The Kier molecular flexibility index (Phi) is 5.52. The zero-order valence-corrected chi connectivity index (χ0v) is 17.1. The second-order valence-electron chi connectivity index (χ2n) is 7.06. The Morgan fingerprint density at radius 2 is 1.94 bits per heavy atom. The molecule has 0 aliphatic rings. The molecule has 4 rings (SSSR count). The molecular weight excluding hydrogens is 424 g/mol. The van der Waals surface area contributed by atoms with E-state index in [2.05, 4.69) is 9.97 Å². The highest BCUT2D eigenvalue weighted by molar-refractivity contribution is 6.31. The summed E-state index contributed by atoms with van der Waals surface area (Å²) in [5.41, 5.74) is 1.12. The number of H-pyrrole nitrogens is 1. The Morgan fingerprint density at radius 3 is 2.68 bits per heavy atom. The number of pyridine rings is 2. The summed E-state index contributed by atoms with van der Waals surface area (Å²) in [4.78, 5) is 33.3. The van der Waals surface area contributed by atoms with E-state index in [-0.39, 0.29) is 18.0 Å². The number of aromatic amines is 1. The Balaban J connectivity index is 1.87. The van der Waals surface area contributed by atoms with E-state index in [0.29, 0.717) is 27.2 Å². The van der Waals surface area contributed by atoms with Crippen molar-refractivity contribution in [3.05, 3.63) is 105 Å². The van der Waals surface area contributed by atoms with Crippen molar-refractivity contribution >= 4 is 34.1 Å². The molecule has 0 atom stereocenters. The Hall–Kier alpha value is -3.58. The standard InChI is InChI=1S/C23H16ClF2N3O2/c1-13-7-14(11-27-10-13)23(31)29(17-4-2-3-16(24)9-17)12-15-8-20(30)28-22-18(15)5-6-19(25)21(22)26/h2-11H,12H2,1H3,(H,28,30). The minimum absolute atomic E-state index is 0.0708. The van der Waals surface area contributed by atoms with Gasteiger partial charge in [-0.05, 0) is 54.4 Å². The van der Waals surface area contributed by atoms with Gasteiger partial charge in [0.05, 0.1) is 17.6 Å². The highest BCUT2D eigenvalue weighted by atomic mass is 35.5. The van der Waals surface area contributed by atoms with Crippen LogP contribution in [0.1, 0.15) is 21.5 Å². The third-order valence-corrected chi connectivity index (χ3v) is 5.04. The largest absolute Gasteiger partial charge is 0.319 e.